The molecule has 0 aliphatic heterocycles. The van der Waals surface area contributed by atoms with Crippen LogP contribution in [0.2, 0.25) is 0 Å². The fourth-order valence-electron chi connectivity index (χ4n) is 1.61. The molecule has 0 aromatic carbocycles. The topological polar surface area (TPSA) is 92.4 Å². The Labute approximate surface area is 103 Å². The van der Waals surface area contributed by atoms with Gasteiger partial charge in [0.2, 0.25) is 5.91 Å². The summed E-state index contributed by atoms with van der Waals surface area (Å²) in [5.41, 5.74) is 4.34. The summed E-state index contributed by atoms with van der Waals surface area (Å²) >= 11 is 0. The number of carboxylic acid groups (broad SMARTS) is 1. The number of nitrogens with one attached hydrogen (secondary N) is 1. The smallest absolute Gasteiger partial charge is 0.329 e. The summed E-state index contributed by atoms with van der Waals surface area (Å²) < 4.78 is 0. The highest BCUT2D eigenvalue weighted by Crippen LogP contribution is 2.16. The van der Waals surface area contributed by atoms with E-state index in [-0.39, 0.29) is 11.8 Å². The standard InChI is InChI=1S/C12H24N2O3/c1-4-12(5-2,11(16)17)14-10(15)7-6-9(3)8-13/h9H,4-8,13H2,1-3H3,(H,14,15)(H,16,17). The molecule has 0 rings (SSSR count). The van der Waals surface area contributed by atoms with Crippen LogP contribution in [0.4, 0.5) is 0 Å². The lowest BCUT2D eigenvalue weighted by Gasteiger charge is -2.28. The second-order valence-corrected chi connectivity index (χ2v) is 4.52. The second kappa shape index (κ2) is 7.27. The molecule has 0 aliphatic rings. The maximum Gasteiger partial charge on any atom is 0.329 e. The first-order valence-corrected chi connectivity index (χ1v) is 6.16. The fourth-order valence-corrected chi connectivity index (χ4v) is 1.61. The van der Waals surface area contributed by atoms with E-state index >= 15 is 0 Å². The quantitative estimate of drug-likeness (QED) is 0.596. The summed E-state index contributed by atoms with van der Waals surface area (Å²) in [6.07, 6.45) is 1.78. The van der Waals surface area contributed by atoms with Crippen molar-refractivity contribution in [2.24, 2.45) is 11.7 Å². The van der Waals surface area contributed by atoms with Crippen molar-refractivity contribution in [3.8, 4) is 0 Å². The fraction of sp³-hybridized carbons (Fsp3) is 0.833. The number of amides is 1. The zero-order valence-electron chi connectivity index (χ0n) is 11.0. The number of nitrogens with two attached hydrogens (primary N) is 1. The Morgan fingerprint density at radius 3 is 2.24 bits per heavy atom. The number of hydrogen-bond donors (Lipinski definition) is 3. The van der Waals surface area contributed by atoms with E-state index in [2.05, 4.69) is 5.32 Å². The van der Waals surface area contributed by atoms with Gasteiger partial charge in [0.05, 0.1) is 0 Å². The number of rotatable bonds is 8. The Morgan fingerprint density at radius 2 is 1.88 bits per heavy atom. The van der Waals surface area contributed by atoms with Crippen LogP contribution in [0.3, 0.4) is 0 Å². The summed E-state index contributed by atoms with van der Waals surface area (Å²) in [4.78, 5) is 22.9. The van der Waals surface area contributed by atoms with Crippen molar-refractivity contribution >= 4 is 11.9 Å². The highest BCUT2D eigenvalue weighted by Gasteiger charge is 2.36. The van der Waals surface area contributed by atoms with Crippen molar-refractivity contribution < 1.29 is 14.7 Å². The lowest BCUT2D eigenvalue weighted by Crippen LogP contribution is -2.53. The molecular weight excluding hydrogens is 220 g/mol. The van der Waals surface area contributed by atoms with E-state index in [1.54, 1.807) is 13.8 Å². The lowest BCUT2D eigenvalue weighted by molar-refractivity contribution is -0.148. The van der Waals surface area contributed by atoms with E-state index in [1.165, 1.54) is 0 Å². The van der Waals surface area contributed by atoms with Gasteiger partial charge in [-0.25, -0.2) is 4.79 Å². The summed E-state index contributed by atoms with van der Waals surface area (Å²) in [5, 5.41) is 11.8. The van der Waals surface area contributed by atoms with E-state index in [1.807, 2.05) is 6.92 Å². The molecule has 0 fully saturated rings. The van der Waals surface area contributed by atoms with Crippen molar-refractivity contribution in [2.75, 3.05) is 6.54 Å². The van der Waals surface area contributed by atoms with Gasteiger partial charge >= 0.3 is 5.97 Å². The molecule has 17 heavy (non-hydrogen) atoms. The van der Waals surface area contributed by atoms with E-state index in [4.69, 9.17) is 10.8 Å². The van der Waals surface area contributed by atoms with Crippen LogP contribution in [0.15, 0.2) is 0 Å². The minimum absolute atomic E-state index is 0.212. The third-order valence-electron chi connectivity index (χ3n) is 3.26. The zero-order valence-corrected chi connectivity index (χ0v) is 11.0. The van der Waals surface area contributed by atoms with Crippen LogP contribution in [-0.2, 0) is 9.59 Å². The average molecular weight is 244 g/mol. The molecule has 5 nitrogen and oxygen atoms in total. The molecular formula is C12H24N2O3. The molecule has 1 amide bonds. The molecule has 0 aromatic heterocycles. The minimum atomic E-state index is -1.12. The van der Waals surface area contributed by atoms with E-state index in [9.17, 15) is 9.59 Å². The number of carbonyl (C=O) groups excluding carboxylic acids is 1. The van der Waals surface area contributed by atoms with Gasteiger partial charge in [-0.2, -0.15) is 0 Å². The van der Waals surface area contributed by atoms with Crippen molar-refractivity contribution in [3.63, 3.8) is 0 Å². The highest BCUT2D eigenvalue weighted by atomic mass is 16.4. The second-order valence-electron chi connectivity index (χ2n) is 4.52. The third-order valence-corrected chi connectivity index (χ3v) is 3.26. The van der Waals surface area contributed by atoms with Gasteiger partial charge in [-0.3, -0.25) is 4.79 Å². The molecule has 0 saturated carbocycles. The molecule has 0 saturated heterocycles. The molecule has 100 valence electrons. The van der Waals surface area contributed by atoms with Gasteiger partial charge in [0, 0.05) is 6.42 Å². The van der Waals surface area contributed by atoms with Crippen LogP contribution in [0.25, 0.3) is 0 Å². The molecule has 0 heterocycles. The van der Waals surface area contributed by atoms with E-state index < -0.39 is 11.5 Å². The summed E-state index contributed by atoms with van der Waals surface area (Å²) in [6, 6.07) is 0. The molecule has 0 aromatic rings. The lowest BCUT2D eigenvalue weighted by atomic mass is 9.92. The van der Waals surface area contributed by atoms with Crippen molar-refractivity contribution in [3.05, 3.63) is 0 Å². The highest BCUT2D eigenvalue weighted by molar-refractivity contribution is 5.86. The number of carbonyl (C=O) groups is 2. The SMILES string of the molecule is CCC(CC)(NC(=O)CCC(C)CN)C(=O)O. The molecule has 1 atom stereocenters. The first-order chi connectivity index (χ1) is 7.91. The van der Waals surface area contributed by atoms with Crippen LogP contribution in [-0.4, -0.2) is 29.1 Å². The van der Waals surface area contributed by atoms with Gasteiger partial charge in [-0.15, -0.1) is 0 Å². The summed E-state index contributed by atoms with van der Waals surface area (Å²) in [7, 11) is 0. The van der Waals surface area contributed by atoms with Crippen LogP contribution in [0.5, 0.6) is 0 Å². The predicted molar refractivity (Wildman–Crippen MR) is 66.5 cm³/mol. The first-order valence-electron chi connectivity index (χ1n) is 6.16. The maximum atomic E-state index is 11.7. The van der Waals surface area contributed by atoms with Gasteiger partial charge < -0.3 is 16.2 Å². The minimum Gasteiger partial charge on any atom is -0.480 e. The first kappa shape index (κ1) is 15.9. The van der Waals surface area contributed by atoms with Crippen LogP contribution < -0.4 is 11.1 Å². The van der Waals surface area contributed by atoms with Gasteiger partial charge in [-0.1, -0.05) is 20.8 Å². The summed E-state index contributed by atoms with van der Waals surface area (Å²) in [6.45, 7) is 6.04. The van der Waals surface area contributed by atoms with E-state index in [0.29, 0.717) is 32.2 Å². The average Bonchev–Trinajstić information content (AvgIpc) is 2.32. The molecule has 0 spiro atoms. The van der Waals surface area contributed by atoms with Crippen LogP contribution in [0.1, 0.15) is 46.5 Å². The van der Waals surface area contributed by atoms with Crippen molar-refractivity contribution in [2.45, 2.75) is 52.0 Å². The monoisotopic (exact) mass is 244 g/mol. The van der Waals surface area contributed by atoms with E-state index in [0.717, 1.165) is 0 Å². The predicted octanol–water partition coefficient (Wildman–Crippen LogP) is 1.12. The number of aliphatic carboxylic acids is 1. The molecule has 0 radical (unpaired) electrons. The van der Waals surface area contributed by atoms with Gasteiger partial charge in [0.15, 0.2) is 0 Å². The number of carboxylic acids is 1. The molecule has 0 aliphatic carbocycles. The third kappa shape index (κ3) is 4.73. The van der Waals surface area contributed by atoms with Gasteiger partial charge in [-0.05, 0) is 31.7 Å². The Balaban J connectivity index is 4.37. The Hall–Kier alpha value is -1.10. The number of hydrogen-bond acceptors (Lipinski definition) is 3. The zero-order chi connectivity index (χ0) is 13.5. The van der Waals surface area contributed by atoms with Crippen LogP contribution in [0, 0.1) is 5.92 Å². The Morgan fingerprint density at radius 1 is 1.35 bits per heavy atom. The Bertz CT molecular complexity index is 262. The van der Waals surface area contributed by atoms with Crippen molar-refractivity contribution in [1.82, 2.24) is 5.32 Å². The van der Waals surface area contributed by atoms with Crippen molar-refractivity contribution in [1.29, 1.82) is 0 Å². The molecule has 5 heteroatoms. The van der Waals surface area contributed by atoms with Crippen LogP contribution >= 0.6 is 0 Å². The molecule has 4 N–H and O–H groups in total. The van der Waals surface area contributed by atoms with Gasteiger partial charge in [0.25, 0.3) is 0 Å². The normalized spacial score (nSPS) is 13.2. The molecule has 1 unspecified atom stereocenters. The largest absolute Gasteiger partial charge is 0.480 e. The van der Waals surface area contributed by atoms with Gasteiger partial charge in [0.1, 0.15) is 5.54 Å². The molecule has 0 bridgehead atoms. The maximum absolute atomic E-state index is 11.7. The Kier molecular flexibility index (Phi) is 6.80. The summed E-state index contributed by atoms with van der Waals surface area (Å²) in [5.74, 6) is -0.901.